The maximum absolute atomic E-state index is 6.28. The number of rotatable bonds is 2. The summed E-state index contributed by atoms with van der Waals surface area (Å²) < 4.78 is 24.5. The minimum Gasteiger partial charge on any atom is -0.323 e. The van der Waals surface area contributed by atoms with Crippen LogP contribution in [-0.4, -0.2) is 24.7 Å². The van der Waals surface area contributed by atoms with Gasteiger partial charge in [0.1, 0.15) is 0 Å². The van der Waals surface area contributed by atoms with E-state index in [9.17, 15) is 0 Å². The second-order valence-electron chi connectivity index (χ2n) is 6.75. The predicted molar refractivity (Wildman–Crippen MR) is 67.2 cm³/mol. The van der Waals surface area contributed by atoms with E-state index in [1.165, 1.54) is 12.0 Å². The van der Waals surface area contributed by atoms with E-state index in [0.29, 0.717) is 23.7 Å². The van der Waals surface area contributed by atoms with Crippen LogP contribution in [0.4, 0.5) is 0 Å². The van der Waals surface area contributed by atoms with E-state index in [1.54, 1.807) is 0 Å². The average Bonchev–Trinajstić information content (AvgIpc) is 3.08. The summed E-state index contributed by atoms with van der Waals surface area (Å²) in [5.74, 6) is 1.41. The van der Waals surface area contributed by atoms with Gasteiger partial charge in [0, 0.05) is 30.1 Å². The highest BCUT2D eigenvalue weighted by Gasteiger charge is 2.77. The van der Waals surface area contributed by atoms with Crippen molar-refractivity contribution < 1.29 is 18.9 Å². The lowest BCUT2D eigenvalue weighted by atomic mass is 9.83. The van der Waals surface area contributed by atoms with E-state index in [1.807, 2.05) is 6.07 Å². The van der Waals surface area contributed by atoms with Crippen LogP contribution in [0, 0.1) is 23.7 Å². The Balaban J connectivity index is 1.45. The van der Waals surface area contributed by atoms with Crippen molar-refractivity contribution in [2.75, 3.05) is 0 Å². The Labute approximate surface area is 117 Å². The molecule has 4 heterocycles. The van der Waals surface area contributed by atoms with E-state index in [4.69, 9.17) is 18.9 Å². The van der Waals surface area contributed by atoms with Gasteiger partial charge in [-0.1, -0.05) is 30.3 Å². The summed E-state index contributed by atoms with van der Waals surface area (Å²) in [7, 11) is 0. The third-order valence-electron chi connectivity index (χ3n) is 5.90. The van der Waals surface area contributed by atoms with Gasteiger partial charge in [0.2, 0.25) is 0 Å². The molecule has 0 N–H and O–H groups in total. The first-order chi connectivity index (χ1) is 9.84. The van der Waals surface area contributed by atoms with Crippen LogP contribution in [0.5, 0.6) is 0 Å². The smallest absolute Gasteiger partial charge is 0.182 e. The standard InChI is InChI=1S/C16H16O4/c1-2-4-8(5-3-1)7-16-12-10-6-9-11(12)15(20-16)18-13(9)17-14(10)19-16/h1-5,9-15H,6-7H2/t9-,10+,11-,12-,13+,14-,15+,16-/m1/s1. The van der Waals surface area contributed by atoms with Crippen molar-refractivity contribution in [1.82, 2.24) is 0 Å². The average molecular weight is 272 g/mol. The van der Waals surface area contributed by atoms with Gasteiger partial charge in [-0.25, -0.2) is 0 Å². The van der Waals surface area contributed by atoms with Crippen molar-refractivity contribution in [3.63, 3.8) is 0 Å². The maximum Gasteiger partial charge on any atom is 0.182 e. The van der Waals surface area contributed by atoms with Crippen molar-refractivity contribution >= 4 is 0 Å². The molecule has 1 aromatic carbocycles. The fraction of sp³-hybridized carbons (Fsp3) is 0.625. The van der Waals surface area contributed by atoms with Crippen LogP contribution in [0.15, 0.2) is 30.3 Å². The van der Waals surface area contributed by atoms with Crippen molar-refractivity contribution in [3.05, 3.63) is 35.9 Å². The minimum atomic E-state index is -0.522. The zero-order chi connectivity index (χ0) is 12.9. The van der Waals surface area contributed by atoms with Gasteiger partial charge < -0.3 is 18.9 Å². The molecule has 0 spiro atoms. The molecule has 0 unspecified atom stereocenters. The van der Waals surface area contributed by atoms with Gasteiger partial charge in [0.25, 0.3) is 0 Å². The van der Waals surface area contributed by atoms with Crippen LogP contribution >= 0.6 is 0 Å². The zero-order valence-corrected chi connectivity index (χ0v) is 11.0. The molecule has 1 aromatic rings. The normalized spacial score (nSPS) is 56.9. The fourth-order valence-corrected chi connectivity index (χ4v) is 5.30. The predicted octanol–water partition coefficient (Wildman–Crippen LogP) is 1.89. The highest BCUT2D eigenvalue weighted by atomic mass is 16.9. The van der Waals surface area contributed by atoms with Gasteiger partial charge >= 0.3 is 0 Å². The molecular weight excluding hydrogens is 256 g/mol. The molecule has 4 heteroatoms. The van der Waals surface area contributed by atoms with E-state index in [0.717, 1.165) is 6.42 Å². The van der Waals surface area contributed by atoms with Crippen LogP contribution in [0.3, 0.4) is 0 Å². The van der Waals surface area contributed by atoms with Crippen molar-refractivity contribution in [2.24, 2.45) is 23.7 Å². The van der Waals surface area contributed by atoms with Crippen LogP contribution in [0.1, 0.15) is 12.0 Å². The van der Waals surface area contributed by atoms with Crippen LogP contribution in [0.2, 0.25) is 0 Å². The molecule has 0 amide bonds. The Morgan fingerprint density at radius 1 is 0.950 bits per heavy atom. The topological polar surface area (TPSA) is 36.9 Å². The minimum absolute atomic E-state index is 0.0914. The SMILES string of the molecule is c1ccc(C[C@@]23O[C@H]4O[C@H]5O[C@@H](O2)[C@@H]2[C@H]5C[C@H]4[C@H]23)cc1. The van der Waals surface area contributed by atoms with Gasteiger partial charge in [-0.3, -0.25) is 0 Å². The second-order valence-corrected chi connectivity index (χ2v) is 6.75. The van der Waals surface area contributed by atoms with Crippen LogP contribution < -0.4 is 0 Å². The second kappa shape index (κ2) is 3.28. The van der Waals surface area contributed by atoms with E-state index in [2.05, 4.69) is 24.3 Å². The monoisotopic (exact) mass is 272 g/mol. The van der Waals surface area contributed by atoms with Gasteiger partial charge in [-0.2, -0.15) is 0 Å². The van der Waals surface area contributed by atoms with Gasteiger partial charge in [0.15, 0.2) is 24.7 Å². The fourth-order valence-electron chi connectivity index (χ4n) is 5.30. The van der Waals surface area contributed by atoms with E-state index >= 15 is 0 Å². The largest absolute Gasteiger partial charge is 0.323 e. The first-order valence-electron chi connectivity index (χ1n) is 7.55. The summed E-state index contributed by atoms with van der Waals surface area (Å²) in [6.45, 7) is 0. The first kappa shape index (κ1) is 10.7. The summed E-state index contributed by atoms with van der Waals surface area (Å²) in [4.78, 5) is 0. The number of benzene rings is 1. The van der Waals surface area contributed by atoms with Gasteiger partial charge in [-0.05, 0) is 12.0 Å². The summed E-state index contributed by atoms with van der Waals surface area (Å²) in [5, 5.41) is 0. The Morgan fingerprint density at radius 2 is 1.75 bits per heavy atom. The Hall–Kier alpha value is -0.940. The molecule has 0 aromatic heterocycles. The van der Waals surface area contributed by atoms with Crippen molar-refractivity contribution in [1.29, 1.82) is 0 Å². The number of hydrogen-bond acceptors (Lipinski definition) is 4. The molecule has 4 nitrogen and oxygen atoms in total. The quantitative estimate of drug-likeness (QED) is 0.824. The molecule has 8 atom stereocenters. The lowest BCUT2D eigenvalue weighted by molar-refractivity contribution is -0.381. The van der Waals surface area contributed by atoms with Crippen molar-refractivity contribution in [2.45, 2.75) is 37.5 Å². The summed E-state index contributed by atoms with van der Waals surface area (Å²) >= 11 is 0. The zero-order valence-electron chi connectivity index (χ0n) is 11.0. The van der Waals surface area contributed by atoms with Gasteiger partial charge in [0.05, 0.1) is 0 Å². The number of ether oxygens (including phenoxy) is 4. The van der Waals surface area contributed by atoms with Gasteiger partial charge in [-0.15, -0.1) is 0 Å². The molecule has 4 aliphatic heterocycles. The van der Waals surface area contributed by atoms with E-state index in [-0.39, 0.29) is 18.9 Å². The Morgan fingerprint density at radius 3 is 2.65 bits per heavy atom. The summed E-state index contributed by atoms with van der Waals surface area (Å²) in [6, 6.07) is 10.5. The molecule has 1 aliphatic carbocycles. The molecular formula is C16H16O4. The Bertz CT molecular complexity index is 569. The summed E-state index contributed by atoms with van der Waals surface area (Å²) in [5.41, 5.74) is 1.26. The molecule has 5 fully saturated rings. The Kier molecular flexibility index (Phi) is 1.76. The summed E-state index contributed by atoms with van der Waals surface area (Å²) in [6.07, 6.45) is 1.64. The molecule has 0 radical (unpaired) electrons. The third-order valence-corrected chi connectivity index (χ3v) is 5.90. The molecule has 2 bridgehead atoms. The third kappa shape index (κ3) is 1.07. The molecule has 104 valence electrons. The van der Waals surface area contributed by atoms with Crippen LogP contribution in [0.25, 0.3) is 0 Å². The highest BCUT2D eigenvalue weighted by molar-refractivity contribution is 5.21. The number of hydrogen-bond donors (Lipinski definition) is 0. The lowest BCUT2D eigenvalue weighted by Crippen LogP contribution is -2.43. The van der Waals surface area contributed by atoms with E-state index < -0.39 is 5.79 Å². The molecule has 20 heavy (non-hydrogen) atoms. The maximum atomic E-state index is 6.28. The molecule has 1 saturated carbocycles. The molecule has 5 aliphatic rings. The lowest BCUT2D eigenvalue weighted by Gasteiger charge is -2.35. The van der Waals surface area contributed by atoms with Crippen LogP contribution in [-0.2, 0) is 25.4 Å². The molecule has 4 saturated heterocycles. The van der Waals surface area contributed by atoms with Crippen molar-refractivity contribution in [3.8, 4) is 0 Å². The highest BCUT2D eigenvalue weighted by Crippen LogP contribution is 2.69. The first-order valence-corrected chi connectivity index (χ1v) is 7.55. The molecule has 6 rings (SSSR count).